The van der Waals surface area contributed by atoms with E-state index in [1.807, 2.05) is 36.4 Å². The Hall–Kier alpha value is -4.03. The summed E-state index contributed by atoms with van der Waals surface area (Å²) in [6.45, 7) is 0.174. The predicted molar refractivity (Wildman–Crippen MR) is 126 cm³/mol. The van der Waals surface area contributed by atoms with Gasteiger partial charge in [0.15, 0.2) is 11.0 Å². The van der Waals surface area contributed by atoms with Crippen LogP contribution in [0.15, 0.2) is 84.0 Å². The number of amides is 1. The minimum Gasteiger partial charge on any atom is -0.311 e. The largest absolute Gasteiger partial charge is 0.311 e. The molecule has 0 bridgehead atoms. The van der Waals surface area contributed by atoms with Crippen molar-refractivity contribution in [1.29, 1.82) is 5.26 Å². The molecule has 0 atom stereocenters. The Morgan fingerprint density at radius 3 is 2.38 bits per heavy atom. The van der Waals surface area contributed by atoms with Gasteiger partial charge in [0, 0.05) is 17.9 Å². The van der Waals surface area contributed by atoms with Crippen LogP contribution in [0.1, 0.15) is 6.42 Å². The van der Waals surface area contributed by atoms with Crippen molar-refractivity contribution in [3.8, 4) is 23.1 Å². The van der Waals surface area contributed by atoms with Crippen LogP contribution in [0.3, 0.4) is 0 Å². The van der Waals surface area contributed by atoms with Gasteiger partial charge in [0.25, 0.3) is 0 Å². The van der Waals surface area contributed by atoms with Crippen molar-refractivity contribution in [2.75, 3.05) is 17.2 Å². The molecule has 4 aromatic rings. The highest BCUT2D eigenvalue weighted by Gasteiger charge is 2.21. The lowest BCUT2D eigenvalue weighted by Gasteiger charge is -2.21. The third-order valence-electron chi connectivity index (χ3n) is 4.97. The average molecular weight is 476 g/mol. The Bertz CT molecular complexity index is 1320. The lowest BCUT2D eigenvalue weighted by molar-refractivity contribution is -0.116. The number of nitriles is 1. The Morgan fingerprint density at radius 1 is 0.971 bits per heavy atom. The number of halogens is 2. The predicted octanol–water partition coefficient (Wildman–Crippen LogP) is 5.25. The summed E-state index contributed by atoms with van der Waals surface area (Å²) >= 11 is 1.15. The van der Waals surface area contributed by atoms with E-state index in [0.29, 0.717) is 22.2 Å². The number of hydrogen-bond donors (Lipinski definition) is 0. The van der Waals surface area contributed by atoms with E-state index in [-0.39, 0.29) is 24.6 Å². The summed E-state index contributed by atoms with van der Waals surface area (Å²) in [5.74, 6) is -0.812. The second-order valence-corrected chi connectivity index (χ2v) is 8.12. The van der Waals surface area contributed by atoms with Crippen LogP contribution >= 0.6 is 11.8 Å². The molecule has 1 aromatic heterocycles. The fraction of sp³-hybridized carbons (Fsp3) is 0.120. The maximum atomic E-state index is 14.5. The summed E-state index contributed by atoms with van der Waals surface area (Å²) in [6, 6.07) is 23.1. The molecule has 0 aliphatic carbocycles. The fourth-order valence-electron chi connectivity index (χ4n) is 3.38. The second-order valence-electron chi connectivity index (χ2n) is 7.18. The molecule has 1 amide bonds. The van der Waals surface area contributed by atoms with Crippen molar-refractivity contribution < 1.29 is 13.6 Å². The van der Waals surface area contributed by atoms with Crippen LogP contribution in [0, 0.1) is 23.0 Å². The molecule has 0 fully saturated rings. The van der Waals surface area contributed by atoms with Gasteiger partial charge in [-0.25, -0.2) is 8.78 Å². The van der Waals surface area contributed by atoms with Crippen molar-refractivity contribution in [2.45, 2.75) is 11.6 Å². The van der Waals surface area contributed by atoms with E-state index in [2.05, 4.69) is 10.2 Å². The van der Waals surface area contributed by atoms with E-state index in [0.717, 1.165) is 17.4 Å². The zero-order valence-electron chi connectivity index (χ0n) is 17.9. The number of carbonyl (C=O) groups is 1. The molecule has 0 aliphatic rings. The first-order chi connectivity index (χ1) is 16.6. The van der Waals surface area contributed by atoms with Crippen LogP contribution in [-0.2, 0) is 4.79 Å². The van der Waals surface area contributed by atoms with E-state index in [1.54, 1.807) is 22.8 Å². The summed E-state index contributed by atoms with van der Waals surface area (Å²) in [4.78, 5) is 14.5. The van der Waals surface area contributed by atoms with Crippen molar-refractivity contribution >= 4 is 23.4 Å². The lowest BCUT2D eigenvalue weighted by Crippen LogP contribution is -2.33. The number of nitrogens with zero attached hydrogens (tertiary/aromatic N) is 5. The number of benzene rings is 3. The van der Waals surface area contributed by atoms with Gasteiger partial charge in [0.1, 0.15) is 11.6 Å². The van der Waals surface area contributed by atoms with Crippen molar-refractivity contribution in [3.63, 3.8) is 0 Å². The molecule has 0 unspecified atom stereocenters. The highest BCUT2D eigenvalue weighted by molar-refractivity contribution is 7.99. The first-order valence-corrected chi connectivity index (χ1v) is 11.4. The van der Waals surface area contributed by atoms with Crippen LogP contribution in [0.4, 0.5) is 14.5 Å². The molecule has 0 aliphatic heterocycles. The second kappa shape index (κ2) is 10.7. The van der Waals surface area contributed by atoms with E-state index in [1.165, 1.54) is 35.2 Å². The lowest BCUT2D eigenvalue weighted by atomic mass is 10.2. The number of carbonyl (C=O) groups excluding carboxylic acids is 1. The molecule has 3 aromatic carbocycles. The number of aromatic nitrogens is 3. The molecular weight excluding hydrogens is 456 g/mol. The first kappa shape index (κ1) is 23.1. The van der Waals surface area contributed by atoms with Gasteiger partial charge in [0.2, 0.25) is 5.91 Å². The SMILES string of the molecule is N#CCCN(C(=O)CSc1nnc(-c2ccccc2F)n1-c1ccccc1)c1ccc(F)cc1. The number of para-hydroxylation sites is 1. The van der Waals surface area contributed by atoms with Gasteiger partial charge in [-0.3, -0.25) is 9.36 Å². The fourth-order valence-corrected chi connectivity index (χ4v) is 4.20. The summed E-state index contributed by atoms with van der Waals surface area (Å²) in [6.07, 6.45) is 0.130. The van der Waals surface area contributed by atoms with E-state index in [4.69, 9.17) is 5.26 Å². The standard InChI is InChI=1S/C25H19F2N5OS/c26-18-11-13-19(14-12-18)31(16-6-15-28)23(33)17-34-25-30-29-24(21-9-4-5-10-22(21)27)32(25)20-7-2-1-3-8-20/h1-5,7-14H,6,16-17H2. The highest BCUT2D eigenvalue weighted by atomic mass is 32.2. The van der Waals surface area contributed by atoms with Crippen molar-refractivity contribution in [2.24, 2.45) is 0 Å². The summed E-state index contributed by atoms with van der Waals surface area (Å²) in [7, 11) is 0. The Kier molecular flexibility index (Phi) is 7.30. The smallest absolute Gasteiger partial charge is 0.237 e. The van der Waals surface area contributed by atoms with Gasteiger partial charge in [0.05, 0.1) is 23.8 Å². The van der Waals surface area contributed by atoms with Gasteiger partial charge in [-0.2, -0.15) is 5.26 Å². The third kappa shape index (κ3) is 5.13. The maximum Gasteiger partial charge on any atom is 0.237 e. The average Bonchev–Trinajstić information content (AvgIpc) is 3.28. The molecule has 6 nitrogen and oxygen atoms in total. The summed E-state index contributed by atoms with van der Waals surface area (Å²) in [5, 5.41) is 17.8. The molecule has 0 N–H and O–H groups in total. The normalized spacial score (nSPS) is 10.6. The molecule has 0 saturated heterocycles. The minimum absolute atomic E-state index is 0.00889. The molecule has 170 valence electrons. The van der Waals surface area contributed by atoms with Gasteiger partial charge in [-0.1, -0.05) is 42.1 Å². The van der Waals surface area contributed by atoms with E-state index in [9.17, 15) is 13.6 Å². The van der Waals surface area contributed by atoms with Crippen molar-refractivity contribution in [3.05, 3.63) is 90.5 Å². The molecular formula is C25H19F2N5OS. The molecule has 0 saturated carbocycles. The molecule has 34 heavy (non-hydrogen) atoms. The topological polar surface area (TPSA) is 74.8 Å². The van der Waals surface area contributed by atoms with Crippen LogP contribution in [-0.4, -0.2) is 33.0 Å². The third-order valence-corrected chi connectivity index (χ3v) is 5.89. The zero-order valence-corrected chi connectivity index (χ0v) is 18.8. The number of thioether (sulfide) groups is 1. The van der Waals surface area contributed by atoms with Gasteiger partial charge < -0.3 is 4.90 Å². The zero-order chi connectivity index (χ0) is 23.9. The maximum absolute atomic E-state index is 14.5. The Labute approximate surface area is 199 Å². The number of anilines is 1. The first-order valence-electron chi connectivity index (χ1n) is 10.4. The minimum atomic E-state index is -0.432. The van der Waals surface area contributed by atoms with Crippen LogP contribution in [0.5, 0.6) is 0 Å². The van der Waals surface area contributed by atoms with E-state index < -0.39 is 11.6 Å². The van der Waals surface area contributed by atoms with Gasteiger partial charge in [-0.05, 0) is 48.5 Å². The van der Waals surface area contributed by atoms with Crippen LogP contribution < -0.4 is 4.90 Å². The van der Waals surface area contributed by atoms with Gasteiger partial charge in [-0.15, -0.1) is 10.2 Å². The molecule has 1 heterocycles. The number of rotatable bonds is 8. The van der Waals surface area contributed by atoms with Gasteiger partial charge >= 0.3 is 0 Å². The molecule has 0 radical (unpaired) electrons. The Morgan fingerprint density at radius 2 is 1.68 bits per heavy atom. The quantitative estimate of drug-likeness (QED) is 0.325. The van der Waals surface area contributed by atoms with Crippen LogP contribution in [0.25, 0.3) is 17.1 Å². The van der Waals surface area contributed by atoms with Crippen molar-refractivity contribution in [1.82, 2.24) is 14.8 Å². The molecule has 4 rings (SSSR count). The number of hydrogen-bond acceptors (Lipinski definition) is 5. The molecule has 9 heteroatoms. The van der Waals surface area contributed by atoms with Crippen LogP contribution in [0.2, 0.25) is 0 Å². The van der Waals surface area contributed by atoms with E-state index >= 15 is 0 Å². The Balaban J connectivity index is 1.63. The summed E-state index contributed by atoms with van der Waals surface area (Å²) < 4.78 is 29.6. The molecule has 0 spiro atoms. The summed E-state index contributed by atoms with van der Waals surface area (Å²) in [5.41, 5.74) is 1.51. The highest BCUT2D eigenvalue weighted by Crippen LogP contribution is 2.30. The monoisotopic (exact) mass is 475 g/mol.